The summed E-state index contributed by atoms with van der Waals surface area (Å²) in [6.45, 7) is 4.49. The quantitative estimate of drug-likeness (QED) is 0.688. The van der Waals surface area contributed by atoms with Gasteiger partial charge in [-0.3, -0.25) is 8.96 Å². The topological polar surface area (TPSA) is 29.9 Å². The highest BCUT2D eigenvalue weighted by molar-refractivity contribution is 7.98. The second-order valence-electron chi connectivity index (χ2n) is 7.32. The van der Waals surface area contributed by atoms with Gasteiger partial charge >= 0.3 is 0 Å². The minimum absolute atomic E-state index is 0.0264. The number of nitrogens with zero attached hydrogens (tertiary/aromatic N) is 2. The molecule has 1 aromatic carbocycles. The summed E-state index contributed by atoms with van der Waals surface area (Å²) < 4.78 is 16.8. The van der Waals surface area contributed by atoms with Gasteiger partial charge in [0.2, 0.25) is 0 Å². The van der Waals surface area contributed by atoms with E-state index < -0.39 is 0 Å². The van der Waals surface area contributed by atoms with Crippen molar-refractivity contribution >= 4 is 11.9 Å². The Balaban J connectivity index is 1.94. The minimum Gasteiger partial charge on any atom is -0.313 e. The molecule has 3 aromatic rings. The van der Waals surface area contributed by atoms with Crippen molar-refractivity contribution in [3.05, 3.63) is 71.9 Å². The van der Waals surface area contributed by atoms with Crippen molar-refractivity contribution < 1.29 is 4.39 Å². The van der Waals surface area contributed by atoms with Crippen molar-refractivity contribution in [1.82, 2.24) is 14.3 Å². The van der Waals surface area contributed by atoms with Crippen molar-refractivity contribution in [3.8, 4) is 11.3 Å². The minimum atomic E-state index is -0.190. The number of halogens is 1. The monoisotopic (exact) mass is 367 g/mol. The molecule has 1 aliphatic rings. The Hall–Kier alpha value is -2.11. The van der Waals surface area contributed by atoms with Crippen LogP contribution in [0.1, 0.15) is 37.4 Å². The average molecular weight is 367 g/mol. The Bertz CT molecular complexity index is 934. The Kier molecular flexibility index (Phi) is 4.37. The van der Waals surface area contributed by atoms with Crippen LogP contribution >= 0.6 is 11.9 Å². The summed E-state index contributed by atoms with van der Waals surface area (Å²) in [5.74, 6) is -0.190. The standard InChI is InChI=1S/C21H22FN3S/c1-21(2)11-18(23-3)16-13-25(26-14-7-6-10-24-12-14)20(19(16)21)15-8-4-5-9-17(15)22/h4-10,12-13,18,23H,11H2,1-3H3. The maximum absolute atomic E-state index is 14.7. The third kappa shape index (κ3) is 2.85. The number of fused-ring (bicyclic) bond motifs is 1. The summed E-state index contributed by atoms with van der Waals surface area (Å²) in [5, 5.41) is 3.42. The van der Waals surface area contributed by atoms with Gasteiger partial charge in [0.25, 0.3) is 0 Å². The van der Waals surface area contributed by atoms with Gasteiger partial charge in [0.15, 0.2) is 0 Å². The van der Waals surface area contributed by atoms with E-state index in [4.69, 9.17) is 0 Å². The Morgan fingerprint density at radius 2 is 2.04 bits per heavy atom. The van der Waals surface area contributed by atoms with E-state index >= 15 is 0 Å². The number of nitrogens with one attached hydrogen (secondary N) is 1. The Morgan fingerprint density at radius 3 is 2.73 bits per heavy atom. The number of hydrogen-bond acceptors (Lipinski definition) is 3. The van der Waals surface area contributed by atoms with Gasteiger partial charge in [-0.05, 0) is 66.2 Å². The number of aromatic nitrogens is 2. The van der Waals surface area contributed by atoms with Crippen molar-refractivity contribution in [2.75, 3.05) is 7.05 Å². The van der Waals surface area contributed by atoms with Crippen LogP contribution in [-0.2, 0) is 5.41 Å². The molecule has 1 atom stereocenters. The van der Waals surface area contributed by atoms with Gasteiger partial charge in [0, 0.05) is 35.1 Å². The lowest BCUT2D eigenvalue weighted by Gasteiger charge is -2.23. The van der Waals surface area contributed by atoms with Crippen LogP contribution in [0.15, 0.2) is 59.9 Å². The molecular weight excluding hydrogens is 345 g/mol. The molecule has 0 aliphatic heterocycles. The van der Waals surface area contributed by atoms with Crippen LogP contribution in [0.25, 0.3) is 11.3 Å². The Morgan fingerprint density at radius 1 is 1.23 bits per heavy atom. The first-order valence-corrected chi connectivity index (χ1v) is 9.55. The van der Waals surface area contributed by atoms with Crippen LogP contribution in [0.4, 0.5) is 4.39 Å². The molecule has 4 rings (SSSR count). The predicted molar refractivity (Wildman–Crippen MR) is 105 cm³/mol. The lowest BCUT2D eigenvalue weighted by Crippen LogP contribution is -2.19. The molecule has 2 aromatic heterocycles. The molecule has 0 bridgehead atoms. The van der Waals surface area contributed by atoms with Crippen molar-refractivity contribution in [2.45, 2.75) is 36.6 Å². The number of rotatable bonds is 4. The van der Waals surface area contributed by atoms with Gasteiger partial charge in [-0.1, -0.05) is 26.0 Å². The molecule has 134 valence electrons. The number of benzene rings is 1. The molecule has 1 N–H and O–H groups in total. The van der Waals surface area contributed by atoms with Crippen LogP contribution in [-0.4, -0.2) is 16.0 Å². The van der Waals surface area contributed by atoms with E-state index in [1.165, 1.54) is 17.2 Å². The average Bonchev–Trinajstić information content (AvgIpc) is 3.12. The van der Waals surface area contributed by atoms with E-state index in [0.717, 1.165) is 17.0 Å². The summed E-state index contributed by atoms with van der Waals surface area (Å²) in [6.07, 6.45) is 6.76. The molecule has 3 nitrogen and oxygen atoms in total. The van der Waals surface area contributed by atoms with Gasteiger partial charge in [-0.15, -0.1) is 0 Å². The third-order valence-electron chi connectivity index (χ3n) is 5.08. The first-order chi connectivity index (χ1) is 12.5. The van der Waals surface area contributed by atoms with Crippen molar-refractivity contribution in [3.63, 3.8) is 0 Å². The second-order valence-corrected chi connectivity index (χ2v) is 8.37. The molecular formula is C21H22FN3S. The lowest BCUT2D eigenvalue weighted by atomic mass is 9.84. The molecule has 0 saturated carbocycles. The van der Waals surface area contributed by atoms with Gasteiger partial charge in [0.05, 0.1) is 5.69 Å². The van der Waals surface area contributed by atoms with Gasteiger partial charge < -0.3 is 5.32 Å². The molecule has 26 heavy (non-hydrogen) atoms. The third-order valence-corrected chi connectivity index (χ3v) is 6.02. The van der Waals surface area contributed by atoms with E-state index in [9.17, 15) is 4.39 Å². The molecule has 0 spiro atoms. The molecule has 0 amide bonds. The number of hydrogen-bond donors (Lipinski definition) is 1. The zero-order valence-electron chi connectivity index (χ0n) is 15.2. The van der Waals surface area contributed by atoms with Crippen LogP contribution in [0.5, 0.6) is 0 Å². The molecule has 2 heterocycles. The SMILES string of the molecule is CNC1CC(C)(C)c2c1cn(Sc1cccnc1)c2-c1ccccc1F. The summed E-state index contributed by atoms with van der Waals surface area (Å²) >= 11 is 1.58. The van der Waals surface area contributed by atoms with Crippen LogP contribution in [0.3, 0.4) is 0 Å². The zero-order chi connectivity index (χ0) is 18.3. The van der Waals surface area contributed by atoms with Crippen LogP contribution in [0, 0.1) is 5.82 Å². The van der Waals surface area contributed by atoms with Crippen molar-refractivity contribution in [1.29, 1.82) is 0 Å². The maximum atomic E-state index is 14.7. The van der Waals surface area contributed by atoms with E-state index in [0.29, 0.717) is 5.56 Å². The fourth-order valence-corrected chi connectivity index (χ4v) is 4.87. The van der Waals surface area contributed by atoms with Crippen LogP contribution in [0.2, 0.25) is 0 Å². The normalized spacial score (nSPS) is 18.1. The largest absolute Gasteiger partial charge is 0.313 e. The highest BCUT2D eigenvalue weighted by atomic mass is 32.2. The maximum Gasteiger partial charge on any atom is 0.132 e. The molecule has 0 fully saturated rings. The van der Waals surface area contributed by atoms with E-state index in [1.807, 2.05) is 37.5 Å². The van der Waals surface area contributed by atoms with E-state index in [1.54, 1.807) is 24.2 Å². The van der Waals surface area contributed by atoms with Crippen LogP contribution < -0.4 is 5.32 Å². The smallest absolute Gasteiger partial charge is 0.132 e. The molecule has 1 unspecified atom stereocenters. The number of pyridine rings is 1. The lowest BCUT2D eigenvalue weighted by molar-refractivity contribution is 0.445. The first kappa shape index (κ1) is 17.3. The molecule has 0 saturated heterocycles. The molecule has 5 heteroatoms. The Labute approximate surface area is 157 Å². The van der Waals surface area contributed by atoms with Crippen molar-refractivity contribution in [2.24, 2.45) is 0 Å². The zero-order valence-corrected chi connectivity index (χ0v) is 16.0. The second kappa shape index (κ2) is 6.56. The fourth-order valence-electron chi connectivity index (χ4n) is 3.95. The molecule has 1 aliphatic carbocycles. The van der Waals surface area contributed by atoms with E-state index in [2.05, 4.69) is 34.3 Å². The highest BCUT2D eigenvalue weighted by Crippen LogP contribution is 2.51. The van der Waals surface area contributed by atoms with Gasteiger partial charge in [-0.25, -0.2) is 4.39 Å². The predicted octanol–water partition coefficient (Wildman–Crippen LogP) is 5.19. The van der Waals surface area contributed by atoms with Gasteiger partial charge in [-0.2, -0.15) is 0 Å². The summed E-state index contributed by atoms with van der Waals surface area (Å²) in [5.41, 5.74) is 4.07. The fraction of sp³-hybridized carbons (Fsp3) is 0.286. The highest BCUT2D eigenvalue weighted by Gasteiger charge is 2.41. The molecule has 0 radical (unpaired) electrons. The first-order valence-electron chi connectivity index (χ1n) is 8.77. The van der Waals surface area contributed by atoms with E-state index in [-0.39, 0.29) is 17.3 Å². The van der Waals surface area contributed by atoms with Gasteiger partial charge in [0.1, 0.15) is 5.82 Å². The summed E-state index contributed by atoms with van der Waals surface area (Å²) in [4.78, 5) is 5.23. The summed E-state index contributed by atoms with van der Waals surface area (Å²) in [7, 11) is 1.99. The summed E-state index contributed by atoms with van der Waals surface area (Å²) in [6, 6.07) is 11.3.